The zero-order valence-electron chi connectivity index (χ0n) is 16.3. The van der Waals surface area contributed by atoms with Crippen molar-refractivity contribution >= 4 is 52.8 Å². The maximum Gasteiger partial charge on any atom is 0.329 e. The number of amides is 3. The van der Waals surface area contributed by atoms with Gasteiger partial charge in [0.05, 0.1) is 22.2 Å². The third-order valence-corrected chi connectivity index (χ3v) is 5.36. The normalized spacial score (nSPS) is 15.0. The molecular formula is C21H19Cl3N2O4. The van der Waals surface area contributed by atoms with Crippen molar-refractivity contribution in [3.05, 3.63) is 62.2 Å². The van der Waals surface area contributed by atoms with Crippen LogP contribution in [0.4, 0.5) is 4.79 Å². The summed E-state index contributed by atoms with van der Waals surface area (Å²) >= 11 is 18.4. The molecule has 0 bridgehead atoms. The lowest BCUT2D eigenvalue weighted by Crippen LogP contribution is -2.31. The van der Waals surface area contributed by atoms with Gasteiger partial charge in [0.15, 0.2) is 11.5 Å². The fourth-order valence-corrected chi connectivity index (χ4v) is 3.51. The number of ether oxygens (including phenoxy) is 2. The van der Waals surface area contributed by atoms with Crippen molar-refractivity contribution in [1.82, 2.24) is 10.2 Å². The zero-order chi connectivity index (χ0) is 21.8. The van der Waals surface area contributed by atoms with Gasteiger partial charge in [-0.05, 0) is 47.9 Å². The van der Waals surface area contributed by atoms with Crippen LogP contribution in [0.3, 0.4) is 0 Å². The van der Waals surface area contributed by atoms with Crippen LogP contribution in [0.5, 0.6) is 11.5 Å². The number of nitrogens with zero attached hydrogens (tertiary/aromatic N) is 1. The number of rotatable bonds is 7. The number of nitrogens with one attached hydrogen (secondary N) is 1. The molecule has 0 spiro atoms. The van der Waals surface area contributed by atoms with Gasteiger partial charge < -0.3 is 14.8 Å². The van der Waals surface area contributed by atoms with E-state index in [0.29, 0.717) is 45.1 Å². The van der Waals surface area contributed by atoms with Gasteiger partial charge in [0.2, 0.25) is 0 Å². The number of carbonyl (C=O) groups excluding carboxylic acids is 2. The summed E-state index contributed by atoms with van der Waals surface area (Å²) in [6.45, 7) is 2.45. The first kappa shape index (κ1) is 22.3. The van der Waals surface area contributed by atoms with Crippen LogP contribution in [0.1, 0.15) is 24.5 Å². The average Bonchev–Trinajstić information content (AvgIpc) is 2.97. The quantitative estimate of drug-likeness (QED) is 0.427. The molecule has 0 aromatic heterocycles. The Hall–Kier alpha value is -2.41. The maximum absolute atomic E-state index is 12.4. The third kappa shape index (κ3) is 4.83. The summed E-state index contributed by atoms with van der Waals surface area (Å²) < 4.78 is 11.2. The van der Waals surface area contributed by atoms with Gasteiger partial charge in [-0.1, -0.05) is 47.8 Å². The molecule has 0 saturated carbocycles. The molecule has 1 saturated heterocycles. The molecule has 30 heavy (non-hydrogen) atoms. The number of benzene rings is 2. The highest BCUT2D eigenvalue weighted by Gasteiger charge is 2.32. The van der Waals surface area contributed by atoms with Crippen LogP contribution in [0.25, 0.3) is 6.08 Å². The number of methoxy groups -OCH3 is 1. The van der Waals surface area contributed by atoms with Crippen molar-refractivity contribution in [3.8, 4) is 11.5 Å². The molecule has 1 aliphatic heterocycles. The predicted octanol–water partition coefficient (Wildman–Crippen LogP) is 5.54. The van der Waals surface area contributed by atoms with E-state index in [9.17, 15) is 9.59 Å². The van der Waals surface area contributed by atoms with Crippen LogP contribution in [-0.2, 0) is 11.4 Å². The SMILES string of the molecule is CCCN1C(=O)N/C(=C/c2cc(Cl)c(OCc3ccc(Cl)c(Cl)c3)c(OC)c2)C1=O. The molecule has 0 radical (unpaired) electrons. The van der Waals surface area contributed by atoms with Crippen molar-refractivity contribution in [3.63, 3.8) is 0 Å². The minimum absolute atomic E-state index is 0.177. The highest BCUT2D eigenvalue weighted by molar-refractivity contribution is 6.42. The Labute approximate surface area is 189 Å². The second kappa shape index (κ2) is 9.60. The predicted molar refractivity (Wildman–Crippen MR) is 117 cm³/mol. The van der Waals surface area contributed by atoms with E-state index in [4.69, 9.17) is 44.3 Å². The first-order valence-electron chi connectivity index (χ1n) is 9.12. The molecule has 2 aromatic rings. The minimum Gasteiger partial charge on any atom is -0.493 e. The standard InChI is InChI=1S/C21H19Cl3N2O4/c1-3-6-26-20(27)17(25-21(26)28)9-13-8-16(24)19(18(10-13)29-2)30-11-12-4-5-14(22)15(23)7-12/h4-5,7-10H,3,6,11H2,1-2H3,(H,25,28)/b17-9+. The fourth-order valence-electron chi connectivity index (χ4n) is 2.91. The van der Waals surface area contributed by atoms with Crippen molar-refractivity contribution in [1.29, 1.82) is 0 Å². The summed E-state index contributed by atoms with van der Waals surface area (Å²) in [6, 6.07) is 8.05. The second-order valence-corrected chi connectivity index (χ2v) is 7.74. The Morgan fingerprint density at radius 1 is 1.07 bits per heavy atom. The Bertz CT molecular complexity index is 1020. The lowest BCUT2D eigenvalue weighted by Gasteiger charge is -2.14. The maximum atomic E-state index is 12.4. The van der Waals surface area contributed by atoms with Gasteiger partial charge in [0.1, 0.15) is 12.3 Å². The molecule has 0 aliphatic carbocycles. The topological polar surface area (TPSA) is 67.9 Å². The lowest BCUT2D eigenvalue weighted by atomic mass is 10.1. The van der Waals surface area contributed by atoms with E-state index < -0.39 is 6.03 Å². The summed E-state index contributed by atoms with van der Waals surface area (Å²) in [4.78, 5) is 25.5. The third-order valence-electron chi connectivity index (χ3n) is 4.34. The van der Waals surface area contributed by atoms with E-state index in [1.807, 2.05) is 6.92 Å². The molecule has 9 heteroatoms. The Morgan fingerprint density at radius 2 is 1.83 bits per heavy atom. The van der Waals surface area contributed by atoms with Crippen molar-refractivity contribution in [2.75, 3.05) is 13.7 Å². The molecule has 3 amide bonds. The summed E-state index contributed by atoms with van der Waals surface area (Å²) in [5.74, 6) is 0.357. The number of halogens is 3. The van der Waals surface area contributed by atoms with Crippen LogP contribution >= 0.6 is 34.8 Å². The monoisotopic (exact) mass is 468 g/mol. The zero-order valence-corrected chi connectivity index (χ0v) is 18.6. The number of hydrogen-bond donors (Lipinski definition) is 1. The van der Waals surface area contributed by atoms with E-state index in [1.54, 1.807) is 36.4 Å². The van der Waals surface area contributed by atoms with Gasteiger partial charge in [-0.15, -0.1) is 0 Å². The van der Waals surface area contributed by atoms with Crippen molar-refractivity contribution in [2.45, 2.75) is 20.0 Å². The van der Waals surface area contributed by atoms with Gasteiger partial charge in [0.25, 0.3) is 5.91 Å². The first-order chi connectivity index (χ1) is 14.3. The van der Waals surface area contributed by atoms with Crippen LogP contribution in [0.15, 0.2) is 36.0 Å². The van der Waals surface area contributed by atoms with Gasteiger partial charge in [-0.3, -0.25) is 9.69 Å². The van der Waals surface area contributed by atoms with E-state index in [-0.39, 0.29) is 18.2 Å². The highest BCUT2D eigenvalue weighted by Crippen LogP contribution is 2.38. The van der Waals surface area contributed by atoms with E-state index >= 15 is 0 Å². The number of hydrogen-bond acceptors (Lipinski definition) is 4. The van der Waals surface area contributed by atoms with E-state index in [2.05, 4.69) is 5.32 Å². The fraction of sp³-hybridized carbons (Fsp3) is 0.238. The van der Waals surface area contributed by atoms with Crippen LogP contribution in [-0.4, -0.2) is 30.5 Å². The Kier molecular flexibility index (Phi) is 7.13. The molecule has 6 nitrogen and oxygen atoms in total. The second-order valence-electron chi connectivity index (χ2n) is 6.52. The molecule has 1 fully saturated rings. The summed E-state index contributed by atoms with van der Waals surface area (Å²) in [6.07, 6.45) is 2.23. The minimum atomic E-state index is -0.437. The lowest BCUT2D eigenvalue weighted by molar-refractivity contribution is -0.122. The summed E-state index contributed by atoms with van der Waals surface area (Å²) in [5, 5.41) is 3.76. The Balaban J connectivity index is 1.83. The number of imide groups is 1. The average molecular weight is 470 g/mol. The molecule has 0 atom stereocenters. The highest BCUT2D eigenvalue weighted by atomic mass is 35.5. The number of carbonyl (C=O) groups is 2. The van der Waals surface area contributed by atoms with Gasteiger partial charge >= 0.3 is 6.03 Å². The van der Waals surface area contributed by atoms with Crippen LogP contribution in [0.2, 0.25) is 15.1 Å². The molecular weight excluding hydrogens is 451 g/mol. The van der Waals surface area contributed by atoms with E-state index in [0.717, 1.165) is 5.56 Å². The van der Waals surface area contributed by atoms with Crippen LogP contribution < -0.4 is 14.8 Å². The molecule has 2 aromatic carbocycles. The van der Waals surface area contributed by atoms with Crippen molar-refractivity contribution in [2.24, 2.45) is 0 Å². The van der Waals surface area contributed by atoms with E-state index in [1.165, 1.54) is 12.0 Å². The molecule has 1 heterocycles. The number of urea groups is 1. The van der Waals surface area contributed by atoms with Gasteiger partial charge in [0, 0.05) is 6.54 Å². The van der Waals surface area contributed by atoms with Gasteiger partial charge in [-0.2, -0.15) is 0 Å². The first-order valence-corrected chi connectivity index (χ1v) is 10.3. The molecule has 3 rings (SSSR count). The smallest absolute Gasteiger partial charge is 0.329 e. The van der Waals surface area contributed by atoms with Crippen molar-refractivity contribution < 1.29 is 19.1 Å². The molecule has 158 valence electrons. The molecule has 1 N–H and O–H groups in total. The van der Waals surface area contributed by atoms with Gasteiger partial charge in [-0.25, -0.2) is 4.79 Å². The molecule has 0 unspecified atom stereocenters. The van der Waals surface area contributed by atoms with Crippen LogP contribution in [0, 0.1) is 0 Å². The largest absolute Gasteiger partial charge is 0.493 e. The molecule has 1 aliphatic rings. The summed E-state index contributed by atoms with van der Waals surface area (Å²) in [7, 11) is 1.49. The Morgan fingerprint density at radius 3 is 2.50 bits per heavy atom. The summed E-state index contributed by atoms with van der Waals surface area (Å²) in [5.41, 5.74) is 1.57.